The van der Waals surface area contributed by atoms with Crippen LogP contribution >= 0.6 is 11.3 Å². The van der Waals surface area contributed by atoms with Crippen LogP contribution in [0.5, 0.6) is 11.5 Å². The van der Waals surface area contributed by atoms with Crippen molar-refractivity contribution in [2.75, 3.05) is 26.4 Å². The standard InChI is InChI=1S/C27H30N2O8S/c1-4-35-8-9-37-27(32)23-15(3)28-18-11-16(22-7-6-10-38-22)13-20(30)25(18)24(23)17-12-19(29(33)34)26(31)21(14-17)36-5-2/h6-7,10,12,14,16,24,28,31H,4-5,8-9,11,13H2,1-3H3/t16-,24-/m1/s1. The average molecular weight is 543 g/mol. The molecule has 202 valence electrons. The molecule has 1 aliphatic carbocycles. The van der Waals surface area contributed by atoms with Gasteiger partial charge in [0.1, 0.15) is 6.61 Å². The average Bonchev–Trinajstić information content (AvgIpc) is 3.42. The molecule has 0 saturated heterocycles. The highest BCUT2D eigenvalue weighted by atomic mass is 32.1. The molecular formula is C27H30N2O8S. The van der Waals surface area contributed by atoms with Crippen molar-refractivity contribution >= 4 is 28.8 Å². The van der Waals surface area contributed by atoms with Crippen molar-refractivity contribution in [1.82, 2.24) is 5.32 Å². The first-order chi connectivity index (χ1) is 18.3. The summed E-state index contributed by atoms with van der Waals surface area (Å²) < 4.78 is 16.2. The minimum atomic E-state index is -0.943. The number of nitrogens with zero attached hydrogens (tertiary/aromatic N) is 1. The second-order valence-corrected chi connectivity index (χ2v) is 9.92. The number of carbonyl (C=O) groups excluding carboxylic acids is 2. The number of hydrogen-bond acceptors (Lipinski definition) is 10. The molecule has 0 unspecified atom stereocenters. The molecule has 1 aromatic carbocycles. The Hall–Kier alpha value is -3.70. The Labute approximate surface area is 224 Å². The number of nitro groups is 1. The molecule has 0 spiro atoms. The molecule has 4 rings (SSSR count). The van der Waals surface area contributed by atoms with Crippen LogP contribution in [-0.4, -0.2) is 48.2 Å². The van der Waals surface area contributed by atoms with Crippen molar-refractivity contribution in [2.24, 2.45) is 0 Å². The third-order valence-corrected chi connectivity index (χ3v) is 7.60. The number of dihydropyridines is 1. The van der Waals surface area contributed by atoms with Crippen molar-refractivity contribution in [1.29, 1.82) is 0 Å². The van der Waals surface area contributed by atoms with Gasteiger partial charge < -0.3 is 24.6 Å². The predicted octanol–water partition coefficient (Wildman–Crippen LogP) is 4.70. The molecule has 1 aliphatic heterocycles. The van der Waals surface area contributed by atoms with Gasteiger partial charge in [0.15, 0.2) is 11.5 Å². The van der Waals surface area contributed by atoms with E-state index in [1.807, 2.05) is 24.4 Å². The first kappa shape index (κ1) is 27.3. The monoisotopic (exact) mass is 542 g/mol. The molecule has 0 bridgehead atoms. The molecule has 38 heavy (non-hydrogen) atoms. The summed E-state index contributed by atoms with van der Waals surface area (Å²) in [6.07, 6.45) is 0.780. The molecule has 11 heteroatoms. The molecule has 10 nitrogen and oxygen atoms in total. The molecule has 0 amide bonds. The highest BCUT2D eigenvalue weighted by molar-refractivity contribution is 7.10. The van der Waals surface area contributed by atoms with E-state index in [1.54, 1.807) is 25.2 Å². The molecular weight excluding hydrogens is 512 g/mol. The van der Waals surface area contributed by atoms with Crippen molar-refractivity contribution in [3.05, 3.63) is 72.7 Å². The number of carbonyl (C=O) groups is 2. The number of phenols is 1. The van der Waals surface area contributed by atoms with Crippen LogP contribution in [0.25, 0.3) is 0 Å². The van der Waals surface area contributed by atoms with E-state index in [0.29, 0.717) is 30.0 Å². The molecule has 2 atom stereocenters. The number of ether oxygens (including phenoxy) is 3. The van der Waals surface area contributed by atoms with Crippen LogP contribution in [0.3, 0.4) is 0 Å². The van der Waals surface area contributed by atoms with Gasteiger partial charge in [0.05, 0.1) is 23.7 Å². The van der Waals surface area contributed by atoms with Crippen molar-refractivity contribution in [2.45, 2.75) is 45.4 Å². The zero-order valence-corrected chi connectivity index (χ0v) is 22.3. The lowest BCUT2D eigenvalue weighted by molar-refractivity contribution is -0.386. The number of nitro benzene ring substituents is 1. The van der Waals surface area contributed by atoms with Crippen LogP contribution in [-0.2, 0) is 19.1 Å². The van der Waals surface area contributed by atoms with E-state index in [1.165, 1.54) is 12.1 Å². The number of rotatable bonds is 10. The van der Waals surface area contributed by atoms with E-state index in [4.69, 9.17) is 14.2 Å². The predicted molar refractivity (Wildman–Crippen MR) is 140 cm³/mol. The number of thiophene rings is 1. The number of hydrogen-bond donors (Lipinski definition) is 2. The third-order valence-electron chi connectivity index (χ3n) is 6.57. The molecule has 2 N–H and O–H groups in total. The number of Topliss-reactive ketones (excluding diaryl/α,β-unsaturated/α-hetero) is 1. The molecule has 0 saturated carbocycles. The van der Waals surface area contributed by atoms with Crippen LogP contribution in [0.1, 0.15) is 55.9 Å². The molecule has 0 fully saturated rings. The van der Waals surface area contributed by atoms with Gasteiger partial charge in [-0.2, -0.15) is 0 Å². The summed E-state index contributed by atoms with van der Waals surface area (Å²) in [6.45, 7) is 6.07. The van der Waals surface area contributed by atoms with Crippen LogP contribution in [0.4, 0.5) is 5.69 Å². The number of esters is 1. The molecule has 2 heterocycles. The second-order valence-electron chi connectivity index (χ2n) is 8.94. The van der Waals surface area contributed by atoms with E-state index in [9.17, 15) is 24.8 Å². The number of allylic oxidation sites excluding steroid dienone is 3. The number of benzene rings is 1. The summed E-state index contributed by atoms with van der Waals surface area (Å²) in [6, 6.07) is 6.58. The van der Waals surface area contributed by atoms with E-state index in [0.717, 1.165) is 4.88 Å². The van der Waals surface area contributed by atoms with Gasteiger partial charge in [-0.3, -0.25) is 14.9 Å². The van der Waals surface area contributed by atoms with Gasteiger partial charge >= 0.3 is 11.7 Å². The Balaban J connectivity index is 1.84. The van der Waals surface area contributed by atoms with E-state index >= 15 is 0 Å². The molecule has 1 aromatic heterocycles. The normalized spacial score (nSPS) is 19.2. The van der Waals surface area contributed by atoms with Crippen molar-refractivity contribution in [3.8, 4) is 11.5 Å². The summed E-state index contributed by atoms with van der Waals surface area (Å²) in [7, 11) is 0. The molecule has 2 aromatic rings. The van der Waals surface area contributed by atoms with Crippen LogP contribution in [0.2, 0.25) is 0 Å². The quantitative estimate of drug-likeness (QED) is 0.189. The maximum absolute atomic E-state index is 13.7. The number of phenolic OH excluding ortho intramolecular Hbond substituents is 1. The highest BCUT2D eigenvalue weighted by Crippen LogP contribution is 2.49. The Morgan fingerprint density at radius 2 is 2.03 bits per heavy atom. The van der Waals surface area contributed by atoms with Gasteiger partial charge in [0, 0.05) is 52.8 Å². The number of nitrogens with one attached hydrogen (secondary N) is 1. The van der Waals surface area contributed by atoms with Gasteiger partial charge in [-0.05, 0) is 50.3 Å². The van der Waals surface area contributed by atoms with Crippen molar-refractivity contribution in [3.63, 3.8) is 0 Å². The Kier molecular flexibility index (Phi) is 8.48. The summed E-state index contributed by atoms with van der Waals surface area (Å²) in [4.78, 5) is 39.2. The zero-order chi connectivity index (χ0) is 27.4. The summed E-state index contributed by atoms with van der Waals surface area (Å²) in [5, 5.41) is 27.5. The minimum Gasteiger partial charge on any atom is -0.500 e. The van der Waals surface area contributed by atoms with Gasteiger partial charge in [-0.1, -0.05) is 6.07 Å². The first-order valence-electron chi connectivity index (χ1n) is 12.4. The van der Waals surface area contributed by atoms with E-state index in [2.05, 4.69) is 5.32 Å². The minimum absolute atomic E-state index is 0.0103. The summed E-state index contributed by atoms with van der Waals surface area (Å²) in [5.74, 6) is -2.50. The Morgan fingerprint density at radius 1 is 1.24 bits per heavy atom. The lowest BCUT2D eigenvalue weighted by atomic mass is 9.72. The fourth-order valence-electron chi connectivity index (χ4n) is 4.97. The summed E-state index contributed by atoms with van der Waals surface area (Å²) >= 11 is 1.58. The van der Waals surface area contributed by atoms with Gasteiger partial charge in [-0.25, -0.2) is 4.79 Å². The fourth-order valence-corrected chi connectivity index (χ4v) is 5.80. The van der Waals surface area contributed by atoms with Crippen molar-refractivity contribution < 1.29 is 33.8 Å². The maximum atomic E-state index is 13.7. The number of ketones is 1. The maximum Gasteiger partial charge on any atom is 0.336 e. The first-order valence-corrected chi connectivity index (χ1v) is 13.3. The van der Waals surface area contributed by atoms with Crippen LogP contribution < -0.4 is 10.1 Å². The largest absolute Gasteiger partial charge is 0.500 e. The Bertz CT molecular complexity index is 1300. The molecule has 0 radical (unpaired) electrons. The van der Waals surface area contributed by atoms with Crippen LogP contribution in [0, 0.1) is 10.1 Å². The number of aromatic hydroxyl groups is 1. The lowest BCUT2D eigenvalue weighted by Crippen LogP contribution is -2.36. The van der Waals surface area contributed by atoms with Gasteiger partial charge in [-0.15, -0.1) is 11.3 Å². The SMILES string of the molecule is CCOCCOC(=O)C1=C(C)NC2=C(C(=O)C[C@H](c3cccs3)C2)[C@@H]1c1cc(OCC)c(O)c([N+](=O)[O-])c1. The third kappa shape index (κ3) is 5.44. The lowest BCUT2D eigenvalue weighted by Gasteiger charge is -2.36. The summed E-state index contributed by atoms with van der Waals surface area (Å²) in [5.41, 5.74) is 1.40. The van der Waals surface area contributed by atoms with E-state index in [-0.39, 0.29) is 54.8 Å². The van der Waals surface area contributed by atoms with Gasteiger partial charge in [0.25, 0.3) is 0 Å². The zero-order valence-electron chi connectivity index (χ0n) is 21.4. The fraction of sp³-hybridized carbons (Fsp3) is 0.407. The Morgan fingerprint density at radius 3 is 2.68 bits per heavy atom. The highest BCUT2D eigenvalue weighted by Gasteiger charge is 2.42. The smallest absolute Gasteiger partial charge is 0.336 e. The van der Waals surface area contributed by atoms with E-state index < -0.39 is 28.2 Å². The topological polar surface area (TPSA) is 137 Å². The van der Waals surface area contributed by atoms with Gasteiger partial charge in [0.2, 0.25) is 5.75 Å². The second kappa shape index (κ2) is 11.8. The molecule has 2 aliphatic rings. The van der Waals surface area contributed by atoms with Crippen LogP contribution in [0.15, 0.2) is 52.2 Å².